The van der Waals surface area contributed by atoms with Gasteiger partial charge in [-0.1, -0.05) is 23.8 Å². The number of benzene rings is 1. The second kappa shape index (κ2) is 2.35. The minimum atomic E-state index is 0.643. The Balaban J connectivity index is 2.37. The molecule has 2 rings (SSSR count). The van der Waals surface area contributed by atoms with Crippen molar-refractivity contribution in [3.8, 4) is 0 Å². The fourth-order valence-corrected chi connectivity index (χ4v) is 1.73. The average molecular weight is 147 g/mol. The van der Waals surface area contributed by atoms with Crippen LogP contribution in [-0.4, -0.2) is 6.54 Å². The third-order valence-electron chi connectivity index (χ3n) is 2.49. The van der Waals surface area contributed by atoms with Crippen LogP contribution in [-0.2, 0) is 6.42 Å². The van der Waals surface area contributed by atoms with E-state index in [2.05, 4.69) is 25.1 Å². The van der Waals surface area contributed by atoms with E-state index in [0.717, 1.165) is 6.54 Å². The molecule has 0 aliphatic heterocycles. The molecular weight excluding hydrogens is 134 g/mol. The van der Waals surface area contributed by atoms with Gasteiger partial charge in [0.2, 0.25) is 0 Å². The van der Waals surface area contributed by atoms with Crippen LogP contribution in [0.5, 0.6) is 0 Å². The molecule has 0 saturated heterocycles. The first-order chi connectivity index (χ1) is 5.31. The van der Waals surface area contributed by atoms with Crippen LogP contribution in [0.25, 0.3) is 0 Å². The molecule has 0 aromatic heterocycles. The van der Waals surface area contributed by atoms with Crippen LogP contribution in [0.3, 0.4) is 0 Å². The topological polar surface area (TPSA) is 26.0 Å². The lowest BCUT2D eigenvalue weighted by atomic mass is 9.77. The first-order valence-electron chi connectivity index (χ1n) is 4.11. The fraction of sp³-hybridized carbons (Fsp3) is 0.400. The lowest BCUT2D eigenvalue weighted by Gasteiger charge is -2.29. The Bertz CT molecular complexity index is 278. The van der Waals surface area contributed by atoms with Gasteiger partial charge in [0.25, 0.3) is 0 Å². The van der Waals surface area contributed by atoms with Crippen molar-refractivity contribution < 1.29 is 0 Å². The van der Waals surface area contributed by atoms with Gasteiger partial charge in [0.15, 0.2) is 0 Å². The number of nitrogens with two attached hydrogens (primary N) is 1. The lowest BCUT2D eigenvalue weighted by Crippen LogP contribution is -2.24. The minimum absolute atomic E-state index is 0.643. The average Bonchev–Trinajstić information content (AvgIpc) is 1.97. The van der Waals surface area contributed by atoms with E-state index in [-0.39, 0.29) is 0 Å². The maximum atomic E-state index is 5.60. The zero-order valence-electron chi connectivity index (χ0n) is 6.80. The molecule has 1 aliphatic rings. The third-order valence-corrected chi connectivity index (χ3v) is 2.49. The summed E-state index contributed by atoms with van der Waals surface area (Å²) in [6.07, 6.45) is 1.19. The molecule has 0 bridgehead atoms. The number of hydrogen-bond donors (Lipinski definition) is 1. The van der Waals surface area contributed by atoms with Gasteiger partial charge < -0.3 is 5.73 Å². The molecule has 1 aliphatic carbocycles. The molecule has 0 amide bonds. The normalized spacial score (nSPS) is 20.7. The van der Waals surface area contributed by atoms with Crippen LogP contribution >= 0.6 is 0 Å². The van der Waals surface area contributed by atoms with Gasteiger partial charge in [-0.2, -0.15) is 0 Å². The molecule has 2 N–H and O–H groups in total. The zero-order chi connectivity index (χ0) is 7.84. The largest absolute Gasteiger partial charge is 0.330 e. The summed E-state index contributed by atoms with van der Waals surface area (Å²) in [5.74, 6) is 0.643. The predicted octanol–water partition coefficient (Wildman–Crippen LogP) is 1.59. The fourth-order valence-electron chi connectivity index (χ4n) is 1.73. The van der Waals surface area contributed by atoms with E-state index in [1.54, 1.807) is 0 Å². The molecule has 1 unspecified atom stereocenters. The smallest absolute Gasteiger partial charge is 0.000450 e. The van der Waals surface area contributed by atoms with Crippen LogP contribution in [0.2, 0.25) is 0 Å². The zero-order valence-corrected chi connectivity index (χ0v) is 6.80. The third kappa shape index (κ3) is 0.962. The molecule has 0 fully saturated rings. The highest BCUT2D eigenvalue weighted by Gasteiger charge is 2.23. The van der Waals surface area contributed by atoms with E-state index < -0.39 is 0 Å². The van der Waals surface area contributed by atoms with Gasteiger partial charge in [-0.25, -0.2) is 0 Å². The summed E-state index contributed by atoms with van der Waals surface area (Å²) < 4.78 is 0. The Morgan fingerprint density at radius 1 is 1.55 bits per heavy atom. The molecule has 0 radical (unpaired) electrons. The number of fused-ring (bicyclic) bond motifs is 1. The molecule has 1 nitrogen and oxygen atoms in total. The lowest BCUT2D eigenvalue weighted by molar-refractivity contribution is 0.617. The summed E-state index contributed by atoms with van der Waals surface area (Å²) >= 11 is 0. The summed E-state index contributed by atoms with van der Waals surface area (Å²) in [4.78, 5) is 0. The molecule has 58 valence electrons. The van der Waals surface area contributed by atoms with Gasteiger partial charge in [0, 0.05) is 5.92 Å². The maximum Gasteiger partial charge on any atom is 0.000450 e. The SMILES string of the molecule is Cc1ccc2c(c1)C(CN)C2. The van der Waals surface area contributed by atoms with Crippen molar-refractivity contribution in [1.82, 2.24) is 0 Å². The van der Waals surface area contributed by atoms with Crippen molar-refractivity contribution in [1.29, 1.82) is 0 Å². The Kier molecular flexibility index (Phi) is 1.46. The van der Waals surface area contributed by atoms with E-state index in [9.17, 15) is 0 Å². The highest BCUT2D eigenvalue weighted by atomic mass is 14.6. The van der Waals surface area contributed by atoms with Crippen LogP contribution in [0.15, 0.2) is 18.2 Å². The summed E-state index contributed by atoms with van der Waals surface area (Å²) in [6.45, 7) is 2.93. The molecule has 0 heterocycles. The standard InChI is InChI=1S/C10H13N/c1-7-2-3-8-5-9(6-11)10(8)4-7/h2-4,9H,5-6,11H2,1H3. The highest BCUT2D eigenvalue weighted by Crippen LogP contribution is 2.34. The van der Waals surface area contributed by atoms with Crippen molar-refractivity contribution in [2.24, 2.45) is 5.73 Å². The van der Waals surface area contributed by atoms with Crippen molar-refractivity contribution in [3.05, 3.63) is 34.9 Å². The second-order valence-corrected chi connectivity index (χ2v) is 3.34. The van der Waals surface area contributed by atoms with E-state index in [1.807, 2.05) is 0 Å². The number of aryl methyl sites for hydroxylation is 1. The Hall–Kier alpha value is -0.820. The molecular formula is C10H13N. The Morgan fingerprint density at radius 3 is 3.09 bits per heavy atom. The van der Waals surface area contributed by atoms with Crippen LogP contribution in [0.1, 0.15) is 22.6 Å². The first kappa shape index (κ1) is 6.86. The molecule has 0 spiro atoms. The van der Waals surface area contributed by atoms with Gasteiger partial charge in [-0.15, -0.1) is 0 Å². The predicted molar refractivity (Wildman–Crippen MR) is 46.7 cm³/mol. The molecule has 1 heteroatoms. The van der Waals surface area contributed by atoms with Gasteiger partial charge in [0.05, 0.1) is 0 Å². The maximum absolute atomic E-state index is 5.60. The van der Waals surface area contributed by atoms with Crippen LogP contribution < -0.4 is 5.73 Å². The summed E-state index contributed by atoms with van der Waals surface area (Å²) in [6, 6.07) is 6.65. The van der Waals surface area contributed by atoms with Crippen molar-refractivity contribution in [2.75, 3.05) is 6.54 Å². The first-order valence-corrected chi connectivity index (χ1v) is 4.11. The van der Waals surface area contributed by atoms with Gasteiger partial charge in [-0.05, 0) is 31.0 Å². The monoisotopic (exact) mass is 147 g/mol. The van der Waals surface area contributed by atoms with E-state index in [1.165, 1.54) is 23.1 Å². The molecule has 1 aromatic carbocycles. The number of hydrogen-bond acceptors (Lipinski definition) is 1. The number of rotatable bonds is 1. The van der Waals surface area contributed by atoms with Crippen LogP contribution in [0.4, 0.5) is 0 Å². The molecule has 0 saturated carbocycles. The van der Waals surface area contributed by atoms with Crippen molar-refractivity contribution in [2.45, 2.75) is 19.3 Å². The summed E-state index contributed by atoms with van der Waals surface area (Å²) in [5, 5.41) is 0. The Labute approximate surface area is 67.2 Å². The molecule has 1 atom stereocenters. The van der Waals surface area contributed by atoms with Gasteiger partial charge in [0.1, 0.15) is 0 Å². The van der Waals surface area contributed by atoms with Crippen molar-refractivity contribution in [3.63, 3.8) is 0 Å². The Morgan fingerprint density at radius 2 is 2.36 bits per heavy atom. The summed E-state index contributed by atoms with van der Waals surface area (Å²) in [5.41, 5.74) is 9.92. The van der Waals surface area contributed by atoms with Gasteiger partial charge >= 0.3 is 0 Å². The molecule has 11 heavy (non-hydrogen) atoms. The molecule has 1 aromatic rings. The van der Waals surface area contributed by atoms with Crippen LogP contribution in [0, 0.1) is 6.92 Å². The van der Waals surface area contributed by atoms with E-state index in [0.29, 0.717) is 5.92 Å². The van der Waals surface area contributed by atoms with E-state index >= 15 is 0 Å². The van der Waals surface area contributed by atoms with E-state index in [4.69, 9.17) is 5.73 Å². The second-order valence-electron chi connectivity index (χ2n) is 3.34. The quantitative estimate of drug-likeness (QED) is 0.641. The summed E-state index contributed by atoms with van der Waals surface area (Å²) in [7, 11) is 0. The highest BCUT2D eigenvalue weighted by molar-refractivity contribution is 5.42. The van der Waals surface area contributed by atoms with Gasteiger partial charge in [-0.3, -0.25) is 0 Å². The minimum Gasteiger partial charge on any atom is -0.330 e. The van der Waals surface area contributed by atoms with Crippen molar-refractivity contribution >= 4 is 0 Å².